The summed E-state index contributed by atoms with van der Waals surface area (Å²) in [5.41, 5.74) is 7.21. The number of rotatable bonds is 2. The van der Waals surface area contributed by atoms with Crippen LogP contribution in [0.5, 0.6) is 0 Å². The molecular weight excluding hydrogens is 208 g/mol. The number of pyridine rings is 1. The van der Waals surface area contributed by atoms with Gasteiger partial charge in [-0.3, -0.25) is 0 Å². The summed E-state index contributed by atoms with van der Waals surface area (Å²) in [5.74, 6) is 0. The fraction of sp³-hybridized carbons (Fsp3) is 0.100. The lowest BCUT2D eigenvalue weighted by Gasteiger charge is -2.02. The van der Waals surface area contributed by atoms with Gasteiger partial charge in [0, 0.05) is 12.4 Å². The minimum Gasteiger partial charge on any atom is -0.397 e. The van der Waals surface area contributed by atoms with E-state index in [1.54, 1.807) is 18.5 Å². The van der Waals surface area contributed by atoms with E-state index < -0.39 is 0 Å². The number of aromatic nitrogens is 3. The first kappa shape index (κ1) is 9.92. The average Bonchev–Trinajstić information content (AvgIpc) is 2.25. The molecule has 0 bridgehead atoms. The van der Waals surface area contributed by atoms with Crippen molar-refractivity contribution in [1.82, 2.24) is 15.0 Å². The molecule has 2 heterocycles. The molecule has 0 saturated heterocycles. The van der Waals surface area contributed by atoms with Gasteiger partial charge in [-0.2, -0.15) is 0 Å². The fourth-order valence-corrected chi connectivity index (χ4v) is 1.77. The van der Waals surface area contributed by atoms with Crippen LogP contribution >= 0.6 is 11.8 Å². The Bertz CT molecular complexity index is 458. The van der Waals surface area contributed by atoms with Crippen LogP contribution in [0.3, 0.4) is 0 Å². The van der Waals surface area contributed by atoms with Gasteiger partial charge in [-0.15, -0.1) is 0 Å². The Labute approximate surface area is 92.0 Å². The van der Waals surface area contributed by atoms with Crippen LogP contribution in [0.1, 0.15) is 5.69 Å². The maximum Gasteiger partial charge on any atom is 0.193 e. The SMILES string of the molecule is Cc1nc(Sc2ncccn2)ccc1N. The van der Waals surface area contributed by atoms with Crippen LogP contribution in [-0.2, 0) is 0 Å². The number of hydrogen-bond acceptors (Lipinski definition) is 5. The van der Waals surface area contributed by atoms with Gasteiger partial charge >= 0.3 is 0 Å². The highest BCUT2D eigenvalue weighted by Crippen LogP contribution is 2.23. The molecule has 0 aromatic carbocycles. The Balaban J connectivity index is 2.22. The van der Waals surface area contributed by atoms with E-state index in [-0.39, 0.29) is 0 Å². The van der Waals surface area contributed by atoms with Crippen LogP contribution in [0.4, 0.5) is 5.69 Å². The number of nitrogens with two attached hydrogens (primary N) is 1. The van der Waals surface area contributed by atoms with Crippen molar-refractivity contribution in [2.24, 2.45) is 0 Å². The van der Waals surface area contributed by atoms with Crippen LogP contribution in [0.2, 0.25) is 0 Å². The largest absolute Gasteiger partial charge is 0.397 e. The first-order chi connectivity index (χ1) is 7.25. The summed E-state index contributed by atoms with van der Waals surface area (Å²) in [6.45, 7) is 1.88. The van der Waals surface area contributed by atoms with Gasteiger partial charge in [0.1, 0.15) is 5.03 Å². The second kappa shape index (κ2) is 4.27. The number of hydrogen-bond donors (Lipinski definition) is 1. The minimum absolute atomic E-state index is 0.689. The summed E-state index contributed by atoms with van der Waals surface area (Å²) in [7, 11) is 0. The van der Waals surface area contributed by atoms with E-state index in [0.717, 1.165) is 10.7 Å². The van der Waals surface area contributed by atoms with Gasteiger partial charge in [-0.25, -0.2) is 15.0 Å². The third kappa shape index (κ3) is 2.44. The van der Waals surface area contributed by atoms with Crippen molar-refractivity contribution in [1.29, 1.82) is 0 Å². The van der Waals surface area contributed by atoms with Crippen LogP contribution < -0.4 is 5.73 Å². The Kier molecular flexibility index (Phi) is 2.82. The lowest BCUT2D eigenvalue weighted by atomic mass is 10.3. The van der Waals surface area contributed by atoms with Gasteiger partial charge in [0.05, 0.1) is 11.4 Å². The molecular formula is C10H10N4S. The second-order valence-corrected chi connectivity index (χ2v) is 3.95. The molecule has 0 aliphatic rings. The monoisotopic (exact) mass is 218 g/mol. The Morgan fingerprint density at radius 2 is 1.93 bits per heavy atom. The average molecular weight is 218 g/mol. The van der Waals surface area contributed by atoms with Gasteiger partial charge in [0.25, 0.3) is 0 Å². The number of nitrogen functional groups attached to an aromatic ring is 1. The standard InChI is InChI=1S/C10H10N4S/c1-7-8(11)3-4-9(14-7)15-10-12-5-2-6-13-10/h2-6H,11H2,1H3. The van der Waals surface area contributed by atoms with E-state index in [2.05, 4.69) is 15.0 Å². The summed E-state index contributed by atoms with van der Waals surface area (Å²) in [6, 6.07) is 5.49. The smallest absolute Gasteiger partial charge is 0.193 e. The molecule has 2 aromatic rings. The molecule has 0 amide bonds. The van der Waals surface area contributed by atoms with Gasteiger partial charge in [-0.1, -0.05) is 0 Å². The van der Waals surface area contributed by atoms with Crippen molar-refractivity contribution < 1.29 is 0 Å². The third-order valence-corrected chi connectivity index (χ3v) is 2.67. The maximum atomic E-state index is 5.68. The van der Waals surface area contributed by atoms with Gasteiger partial charge in [-0.05, 0) is 36.9 Å². The zero-order valence-corrected chi connectivity index (χ0v) is 9.03. The summed E-state index contributed by atoms with van der Waals surface area (Å²) in [4.78, 5) is 12.5. The van der Waals surface area contributed by atoms with E-state index in [1.807, 2.05) is 19.1 Å². The molecule has 0 atom stereocenters. The second-order valence-electron chi connectivity index (χ2n) is 2.96. The van der Waals surface area contributed by atoms with Gasteiger partial charge in [0.15, 0.2) is 5.16 Å². The van der Waals surface area contributed by atoms with E-state index in [1.165, 1.54) is 11.8 Å². The number of nitrogens with zero attached hydrogens (tertiary/aromatic N) is 3. The summed E-state index contributed by atoms with van der Waals surface area (Å²) in [6.07, 6.45) is 3.42. The highest BCUT2D eigenvalue weighted by atomic mass is 32.2. The van der Waals surface area contributed by atoms with E-state index in [0.29, 0.717) is 10.8 Å². The molecule has 0 fully saturated rings. The molecule has 2 aromatic heterocycles. The van der Waals surface area contributed by atoms with Gasteiger partial charge in [0.2, 0.25) is 0 Å². The zero-order chi connectivity index (χ0) is 10.7. The molecule has 2 rings (SSSR count). The Morgan fingerprint density at radius 3 is 2.60 bits per heavy atom. The van der Waals surface area contributed by atoms with E-state index in [4.69, 9.17) is 5.73 Å². The molecule has 0 radical (unpaired) electrons. The molecule has 0 saturated carbocycles. The van der Waals surface area contributed by atoms with Gasteiger partial charge < -0.3 is 5.73 Å². The molecule has 0 unspecified atom stereocenters. The molecule has 5 heteroatoms. The number of anilines is 1. The quantitative estimate of drug-likeness (QED) is 0.780. The summed E-state index contributed by atoms with van der Waals surface area (Å²) >= 11 is 1.42. The fourth-order valence-electron chi connectivity index (χ4n) is 1.04. The Hall–Kier alpha value is -1.62. The van der Waals surface area contributed by atoms with Crippen molar-refractivity contribution in [2.75, 3.05) is 5.73 Å². The molecule has 4 nitrogen and oxygen atoms in total. The minimum atomic E-state index is 0.689. The molecule has 0 aliphatic carbocycles. The molecule has 2 N–H and O–H groups in total. The predicted octanol–water partition coefficient (Wildman–Crippen LogP) is 1.91. The van der Waals surface area contributed by atoms with Crippen LogP contribution in [-0.4, -0.2) is 15.0 Å². The lowest BCUT2D eigenvalue weighted by molar-refractivity contribution is 0.957. The van der Waals surface area contributed by atoms with Crippen molar-refractivity contribution >= 4 is 17.4 Å². The normalized spacial score (nSPS) is 10.2. The van der Waals surface area contributed by atoms with Crippen LogP contribution in [0, 0.1) is 6.92 Å². The first-order valence-electron chi connectivity index (χ1n) is 4.44. The highest BCUT2D eigenvalue weighted by Gasteiger charge is 2.02. The van der Waals surface area contributed by atoms with E-state index >= 15 is 0 Å². The predicted molar refractivity (Wildman–Crippen MR) is 59.5 cm³/mol. The number of aryl methyl sites for hydroxylation is 1. The van der Waals surface area contributed by atoms with E-state index in [9.17, 15) is 0 Å². The molecule has 0 spiro atoms. The van der Waals surface area contributed by atoms with Crippen molar-refractivity contribution in [3.8, 4) is 0 Å². The Morgan fingerprint density at radius 1 is 1.20 bits per heavy atom. The molecule has 76 valence electrons. The van der Waals surface area contributed by atoms with Crippen LogP contribution in [0.15, 0.2) is 40.8 Å². The third-order valence-electron chi connectivity index (χ3n) is 1.84. The topological polar surface area (TPSA) is 64.7 Å². The summed E-state index contributed by atoms with van der Waals surface area (Å²) in [5, 5.41) is 1.54. The van der Waals surface area contributed by atoms with Crippen molar-refractivity contribution in [3.05, 3.63) is 36.3 Å². The molecule has 0 aliphatic heterocycles. The van der Waals surface area contributed by atoms with Crippen LogP contribution in [0.25, 0.3) is 0 Å². The first-order valence-corrected chi connectivity index (χ1v) is 5.25. The highest BCUT2D eigenvalue weighted by molar-refractivity contribution is 7.99. The van der Waals surface area contributed by atoms with Crippen molar-refractivity contribution in [3.63, 3.8) is 0 Å². The zero-order valence-electron chi connectivity index (χ0n) is 8.21. The lowest BCUT2D eigenvalue weighted by Crippen LogP contribution is -1.93. The maximum absolute atomic E-state index is 5.68. The van der Waals surface area contributed by atoms with Crippen molar-refractivity contribution in [2.45, 2.75) is 17.1 Å². The summed E-state index contributed by atoms with van der Waals surface area (Å²) < 4.78 is 0. The molecule has 15 heavy (non-hydrogen) atoms.